The molecule has 5 nitrogen and oxygen atoms in total. The molecular formula is C10H7Br2N3O2. The summed E-state index contributed by atoms with van der Waals surface area (Å²) in [5.74, 6) is -1.10. The third-order valence-corrected chi connectivity index (χ3v) is 3.31. The number of aromatic carboxylic acids is 1. The van der Waals surface area contributed by atoms with Gasteiger partial charge in [0.2, 0.25) is 0 Å². The minimum atomic E-state index is -1.10. The van der Waals surface area contributed by atoms with Crippen molar-refractivity contribution in [1.82, 2.24) is 15.0 Å². The third-order valence-electron chi connectivity index (χ3n) is 2.10. The number of carbonyl (C=O) groups is 1. The van der Waals surface area contributed by atoms with Crippen molar-refractivity contribution < 1.29 is 9.90 Å². The summed E-state index contributed by atoms with van der Waals surface area (Å²) in [4.78, 5) is 10.7. The Labute approximate surface area is 114 Å². The van der Waals surface area contributed by atoms with Crippen molar-refractivity contribution in [3.05, 3.63) is 38.5 Å². The Hall–Kier alpha value is -1.21. The van der Waals surface area contributed by atoms with E-state index in [2.05, 4.69) is 42.2 Å². The van der Waals surface area contributed by atoms with Crippen molar-refractivity contribution in [3.8, 4) is 5.69 Å². The number of halogens is 2. The first kappa shape index (κ1) is 12.3. The van der Waals surface area contributed by atoms with Crippen molar-refractivity contribution in [1.29, 1.82) is 0 Å². The lowest BCUT2D eigenvalue weighted by molar-refractivity contribution is 0.0690. The predicted octanol–water partition coefficient (Wildman–Crippen LogP) is 2.80. The maximum Gasteiger partial charge on any atom is 0.358 e. The molecule has 0 unspecified atom stereocenters. The fraction of sp³-hybridized carbons (Fsp3) is 0.100. The number of carboxylic acid groups (broad SMARTS) is 1. The van der Waals surface area contributed by atoms with E-state index in [-0.39, 0.29) is 5.69 Å². The number of hydrogen-bond acceptors (Lipinski definition) is 3. The van der Waals surface area contributed by atoms with Crippen molar-refractivity contribution in [3.63, 3.8) is 0 Å². The van der Waals surface area contributed by atoms with Crippen LogP contribution >= 0.6 is 31.9 Å². The average molecular weight is 361 g/mol. The monoisotopic (exact) mass is 359 g/mol. The SMILES string of the molecule is Cc1cc(Br)c(-n2cc(C(=O)O)nn2)c(Br)c1. The molecule has 2 aromatic rings. The van der Waals surface area contributed by atoms with Crippen LogP contribution in [0.2, 0.25) is 0 Å². The first-order chi connectivity index (χ1) is 7.99. The van der Waals surface area contributed by atoms with E-state index in [1.807, 2.05) is 19.1 Å². The van der Waals surface area contributed by atoms with E-state index in [4.69, 9.17) is 5.11 Å². The Balaban J connectivity index is 2.56. The van der Waals surface area contributed by atoms with Crippen molar-refractivity contribution in [2.45, 2.75) is 6.92 Å². The fourth-order valence-corrected chi connectivity index (χ4v) is 3.16. The van der Waals surface area contributed by atoms with Crippen LogP contribution in [0.15, 0.2) is 27.3 Å². The first-order valence-electron chi connectivity index (χ1n) is 4.60. The highest BCUT2D eigenvalue weighted by Gasteiger charge is 2.13. The topological polar surface area (TPSA) is 68.0 Å². The smallest absolute Gasteiger partial charge is 0.358 e. The Morgan fingerprint density at radius 2 is 1.94 bits per heavy atom. The zero-order chi connectivity index (χ0) is 12.6. The second kappa shape index (κ2) is 4.58. The predicted molar refractivity (Wildman–Crippen MR) is 68.5 cm³/mol. The summed E-state index contributed by atoms with van der Waals surface area (Å²) in [6.07, 6.45) is 1.36. The van der Waals surface area contributed by atoms with Crippen LogP contribution in [-0.2, 0) is 0 Å². The molecule has 1 aromatic heterocycles. The summed E-state index contributed by atoms with van der Waals surface area (Å²) >= 11 is 6.83. The molecule has 0 amide bonds. The molecular weight excluding hydrogens is 354 g/mol. The van der Waals surface area contributed by atoms with Gasteiger partial charge in [-0.1, -0.05) is 5.21 Å². The van der Waals surface area contributed by atoms with Gasteiger partial charge >= 0.3 is 5.97 Å². The largest absolute Gasteiger partial charge is 0.476 e. The highest BCUT2D eigenvalue weighted by molar-refractivity contribution is 9.11. The molecule has 17 heavy (non-hydrogen) atoms. The lowest BCUT2D eigenvalue weighted by atomic mass is 10.2. The second-order valence-corrected chi connectivity index (χ2v) is 5.14. The molecule has 1 heterocycles. The molecule has 0 aliphatic heterocycles. The van der Waals surface area contributed by atoms with Crippen LogP contribution in [0.1, 0.15) is 16.1 Å². The molecule has 0 bridgehead atoms. The van der Waals surface area contributed by atoms with Gasteiger partial charge in [-0.3, -0.25) is 0 Å². The fourth-order valence-electron chi connectivity index (χ4n) is 1.38. The maximum absolute atomic E-state index is 10.7. The lowest BCUT2D eigenvalue weighted by Crippen LogP contribution is -1.98. The van der Waals surface area contributed by atoms with Crippen LogP contribution in [0.25, 0.3) is 5.69 Å². The van der Waals surface area contributed by atoms with Crippen LogP contribution in [-0.4, -0.2) is 26.1 Å². The lowest BCUT2D eigenvalue weighted by Gasteiger charge is -2.07. The summed E-state index contributed by atoms with van der Waals surface area (Å²) in [6.45, 7) is 1.96. The van der Waals surface area contributed by atoms with E-state index < -0.39 is 5.97 Å². The quantitative estimate of drug-likeness (QED) is 0.894. The minimum absolute atomic E-state index is 0.0932. The Morgan fingerprint density at radius 3 is 2.41 bits per heavy atom. The van der Waals surface area contributed by atoms with Gasteiger partial charge in [-0.05, 0) is 56.5 Å². The number of aromatic nitrogens is 3. The number of nitrogens with zero attached hydrogens (tertiary/aromatic N) is 3. The zero-order valence-corrected chi connectivity index (χ0v) is 11.9. The van der Waals surface area contributed by atoms with E-state index in [9.17, 15) is 4.79 Å². The van der Waals surface area contributed by atoms with Gasteiger partial charge in [-0.15, -0.1) is 5.10 Å². The van der Waals surface area contributed by atoms with Gasteiger partial charge in [-0.2, -0.15) is 0 Å². The van der Waals surface area contributed by atoms with E-state index in [1.54, 1.807) is 0 Å². The maximum atomic E-state index is 10.7. The molecule has 88 valence electrons. The Kier molecular flexibility index (Phi) is 3.30. The Morgan fingerprint density at radius 1 is 1.35 bits per heavy atom. The molecule has 0 radical (unpaired) electrons. The number of rotatable bonds is 2. The molecule has 0 atom stereocenters. The van der Waals surface area contributed by atoms with Crippen LogP contribution in [0.5, 0.6) is 0 Å². The second-order valence-electron chi connectivity index (χ2n) is 3.43. The summed E-state index contributed by atoms with van der Waals surface area (Å²) in [5.41, 5.74) is 1.70. The summed E-state index contributed by atoms with van der Waals surface area (Å²) in [7, 11) is 0. The van der Waals surface area contributed by atoms with Gasteiger partial charge < -0.3 is 5.11 Å². The van der Waals surface area contributed by atoms with Gasteiger partial charge in [0, 0.05) is 8.95 Å². The molecule has 0 saturated carbocycles. The van der Waals surface area contributed by atoms with Crippen molar-refractivity contribution in [2.75, 3.05) is 0 Å². The standard InChI is InChI=1S/C10H7Br2N3O2/c1-5-2-6(11)9(7(12)3-5)15-4-8(10(16)17)13-14-15/h2-4H,1H3,(H,16,17). The van der Waals surface area contributed by atoms with E-state index >= 15 is 0 Å². The molecule has 0 aliphatic carbocycles. The molecule has 0 saturated heterocycles. The highest BCUT2D eigenvalue weighted by Crippen LogP contribution is 2.30. The van der Waals surface area contributed by atoms with Gasteiger partial charge in [0.25, 0.3) is 0 Å². The normalized spacial score (nSPS) is 10.5. The minimum Gasteiger partial charge on any atom is -0.476 e. The third kappa shape index (κ3) is 2.39. The molecule has 2 rings (SSSR count). The van der Waals surface area contributed by atoms with Crippen LogP contribution < -0.4 is 0 Å². The van der Waals surface area contributed by atoms with Crippen molar-refractivity contribution >= 4 is 37.8 Å². The molecule has 7 heteroatoms. The molecule has 1 N–H and O–H groups in total. The number of aryl methyl sites for hydroxylation is 1. The molecule has 0 fully saturated rings. The number of carboxylic acids is 1. The van der Waals surface area contributed by atoms with Gasteiger partial charge in [0.05, 0.1) is 11.9 Å². The van der Waals surface area contributed by atoms with E-state index in [1.165, 1.54) is 10.9 Å². The van der Waals surface area contributed by atoms with Crippen LogP contribution in [0.4, 0.5) is 0 Å². The molecule has 0 spiro atoms. The molecule has 0 aliphatic rings. The van der Waals surface area contributed by atoms with Crippen LogP contribution in [0, 0.1) is 6.92 Å². The van der Waals surface area contributed by atoms with Gasteiger partial charge in [-0.25, -0.2) is 9.48 Å². The number of hydrogen-bond donors (Lipinski definition) is 1. The van der Waals surface area contributed by atoms with Gasteiger partial charge in [0.15, 0.2) is 5.69 Å². The highest BCUT2D eigenvalue weighted by atomic mass is 79.9. The average Bonchev–Trinajstić information content (AvgIpc) is 2.65. The van der Waals surface area contributed by atoms with Gasteiger partial charge in [0.1, 0.15) is 0 Å². The van der Waals surface area contributed by atoms with Crippen LogP contribution in [0.3, 0.4) is 0 Å². The first-order valence-corrected chi connectivity index (χ1v) is 6.19. The van der Waals surface area contributed by atoms with E-state index in [0.29, 0.717) is 0 Å². The summed E-state index contributed by atoms with van der Waals surface area (Å²) < 4.78 is 3.04. The number of benzene rings is 1. The zero-order valence-electron chi connectivity index (χ0n) is 8.69. The summed E-state index contributed by atoms with van der Waals surface area (Å²) in [6, 6.07) is 3.84. The Bertz CT molecular complexity index is 572. The van der Waals surface area contributed by atoms with E-state index in [0.717, 1.165) is 20.2 Å². The molecule has 1 aromatic carbocycles. The van der Waals surface area contributed by atoms with Crippen molar-refractivity contribution in [2.24, 2.45) is 0 Å². The summed E-state index contributed by atoms with van der Waals surface area (Å²) in [5, 5.41) is 16.1.